The molecule has 0 bridgehead atoms. The molecule has 1 aromatic rings. The van der Waals surface area contributed by atoms with Crippen molar-refractivity contribution in [3.05, 3.63) is 22.4 Å². The Labute approximate surface area is 106 Å². The molecular formula is C13H18N2OS. The minimum Gasteiger partial charge on any atom is -0.340 e. The van der Waals surface area contributed by atoms with Crippen LogP contribution in [-0.4, -0.2) is 41.9 Å². The van der Waals surface area contributed by atoms with Crippen LogP contribution >= 0.6 is 11.3 Å². The molecule has 3 nitrogen and oxygen atoms in total. The van der Waals surface area contributed by atoms with E-state index in [9.17, 15) is 4.79 Å². The Kier molecular flexibility index (Phi) is 3.16. The van der Waals surface area contributed by atoms with Crippen molar-refractivity contribution in [1.82, 2.24) is 9.80 Å². The highest BCUT2D eigenvalue weighted by atomic mass is 32.1. The number of hydrogen-bond donors (Lipinski definition) is 0. The van der Waals surface area contributed by atoms with E-state index < -0.39 is 0 Å². The number of nitrogens with zero attached hydrogens (tertiary/aromatic N) is 2. The number of thiophene rings is 1. The van der Waals surface area contributed by atoms with Gasteiger partial charge < -0.3 is 4.90 Å². The van der Waals surface area contributed by atoms with Crippen molar-refractivity contribution in [2.75, 3.05) is 26.2 Å². The van der Waals surface area contributed by atoms with E-state index in [4.69, 9.17) is 0 Å². The summed E-state index contributed by atoms with van der Waals surface area (Å²) < 4.78 is 0. The van der Waals surface area contributed by atoms with E-state index in [0.717, 1.165) is 45.6 Å². The van der Waals surface area contributed by atoms with Crippen molar-refractivity contribution >= 4 is 17.2 Å². The van der Waals surface area contributed by atoms with Gasteiger partial charge in [0.1, 0.15) is 0 Å². The van der Waals surface area contributed by atoms with Gasteiger partial charge in [-0.05, 0) is 35.2 Å². The van der Waals surface area contributed by atoms with Gasteiger partial charge in [-0.25, -0.2) is 0 Å². The molecule has 92 valence electrons. The Morgan fingerprint density at radius 1 is 1.29 bits per heavy atom. The fourth-order valence-electron chi connectivity index (χ4n) is 2.36. The minimum absolute atomic E-state index is 0.374. The molecule has 0 atom stereocenters. The maximum atomic E-state index is 11.9. The third kappa shape index (κ3) is 2.69. The molecule has 1 aromatic heterocycles. The molecule has 4 heteroatoms. The molecular weight excluding hydrogens is 232 g/mol. The second-order valence-electron chi connectivity index (χ2n) is 5.01. The van der Waals surface area contributed by atoms with Gasteiger partial charge in [0.2, 0.25) is 5.91 Å². The van der Waals surface area contributed by atoms with Gasteiger partial charge in [-0.15, -0.1) is 0 Å². The van der Waals surface area contributed by atoms with Crippen molar-refractivity contribution in [3.8, 4) is 0 Å². The Morgan fingerprint density at radius 3 is 2.65 bits per heavy atom. The second kappa shape index (κ2) is 4.78. The van der Waals surface area contributed by atoms with Crippen molar-refractivity contribution in [2.45, 2.75) is 19.4 Å². The first-order valence-electron chi connectivity index (χ1n) is 6.35. The number of carbonyl (C=O) groups excluding carboxylic acids is 1. The Hall–Kier alpha value is -0.870. The van der Waals surface area contributed by atoms with Crippen LogP contribution in [0.5, 0.6) is 0 Å². The molecule has 0 N–H and O–H groups in total. The van der Waals surface area contributed by atoms with E-state index in [1.54, 1.807) is 11.3 Å². The number of rotatable bonds is 3. The molecule has 1 aliphatic carbocycles. The quantitative estimate of drug-likeness (QED) is 0.817. The summed E-state index contributed by atoms with van der Waals surface area (Å²) in [6, 6.07) is 2.19. The normalized spacial score (nSPS) is 21.8. The van der Waals surface area contributed by atoms with Gasteiger partial charge in [0.25, 0.3) is 0 Å². The third-order valence-electron chi connectivity index (χ3n) is 3.60. The van der Waals surface area contributed by atoms with Crippen LogP contribution in [0.2, 0.25) is 0 Å². The molecule has 2 aliphatic rings. The van der Waals surface area contributed by atoms with E-state index in [0.29, 0.717) is 11.8 Å². The van der Waals surface area contributed by atoms with Gasteiger partial charge in [-0.2, -0.15) is 11.3 Å². The van der Waals surface area contributed by atoms with Crippen LogP contribution in [-0.2, 0) is 11.3 Å². The summed E-state index contributed by atoms with van der Waals surface area (Å²) in [5, 5.41) is 4.34. The molecule has 0 radical (unpaired) electrons. The predicted molar refractivity (Wildman–Crippen MR) is 68.9 cm³/mol. The van der Waals surface area contributed by atoms with Crippen LogP contribution in [0.15, 0.2) is 16.8 Å². The van der Waals surface area contributed by atoms with Crippen LogP contribution in [0, 0.1) is 5.92 Å². The van der Waals surface area contributed by atoms with Crippen molar-refractivity contribution < 1.29 is 4.79 Å². The summed E-state index contributed by atoms with van der Waals surface area (Å²) in [6.07, 6.45) is 2.24. The smallest absolute Gasteiger partial charge is 0.225 e. The van der Waals surface area contributed by atoms with Gasteiger partial charge >= 0.3 is 0 Å². The summed E-state index contributed by atoms with van der Waals surface area (Å²) in [7, 11) is 0. The summed E-state index contributed by atoms with van der Waals surface area (Å²) in [6.45, 7) is 4.91. The molecule has 0 aromatic carbocycles. The standard InChI is InChI=1S/C13H18N2OS/c16-13(12-1-2-12)15-6-4-14(5-7-15)9-11-3-8-17-10-11/h3,8,10,12H,1-2,4-7,9H2. The fourth-order valence-corrected chi connectivity index (χ4v) is 3.02. The average molecular weight is 250 g/mol. The number of carbonyl (C=O) groups is 1. The Bertz CT molecular complexity index is 378. The molecule has 2 fully saturated rings. The summed E-state index contributed by atoms with van der Waals surface area (Å²) in [5.41, 5.74) is 1.40. The topological polar surface area (TPSA) is 23.6 Å². The van der Waals surface area contributed by atoms with E-state index in [2.05, 4.69) is 26.6 Å². The van der Waals surface area contributed by atoms with Crippen LogP contribution < -0.4 is 0 Å². The Balaban J connectivity index is 1.48. The van der Waals surface area contributed by atoms with Crippen molar-refractivity contribution in [1.29, 1.82) is 0 Å². The van der Waals surface area contributed by atoms with Crippen LogP contribution in [0.4, 0.5) is 0 Å². The van der Waals surface area contributed by atoms with E-state index in [1.165, 1.54) is 5.56 Å². The van der Waals surface area contributed by atoms with Gasteiger partial charge in [-0.1, -0.05) is 0 Å². The maximum absolute atomic E-state index is 11.9. The second-order valence-corrected chi connectivity index (χ2v) is 5.79. The summed E-state index contributed by atoms with van der Waals surface area (Å²) >= 11 is 1.75. The lowest BCUT2D eigenvalue weighted by atomic mass is 10.2. The van der Waals surface area contributed by atoms with Crippen molar-refractivity contribution in [2.24, 2.45) is 5.92 Å². The lowest BCUT2D eigenvalue weighted by molar-refractivity contribution is -0.134. The monoisotopic (exact) mass is 250 g/mol. The number of amides is 1. The molecule has 17 heavy (non-hydrogen) atoms. The largest absolute Gasteiger partial charge is 0.340 e. The van der Waals surface area contributed by atoms with Gasteiger partial charge in [0, 0.05) is 38.6 Å². The molecule has 1 aliphatic heterocycles. The zero-order chi connectivity index (χ0) is 11.7. The van der Waals surface area contributed by atoms with Crippen LogP contribution in [0.1, 0.15) is 18.4 Å². The zero-order valence-electron chi connectivity index (χ0n) is 9.97. The fraction of sp³-hybridized carbons (Fsp3) is 0.615. The first kappa shape index (κ1) is 11.2. The molecule has 1 saturated heterocycles. The third-order valence-corrected chi connectivity index (χ3v) is 4.33. The summed E-state index contributed by atoms with van der Waals surface area (Å²) in [5.74, 6) is 0.776. The zero-order valence-corrected chi connectivity index (χ0v) is 10.8. The molecule has 0 spiro atoms. The molecule has 1 amide bonds. The predicted octanol–water partition coefficient (Wildman–Crippen LogP) is 1.80. The highest BCUT2D eigenvalue weighted by Crippen LogP contribution is 2.31. The SMILES string of the molecule is O=C(C1CC1)N1CCN(Cc2ccsc2)CC1. The molecule has 0 unspecified atom stereocenters. The lowest BCUT2D eigenvalue weighted by Gasteiger charge is -2.34. The molecule has 1 saturated carbocycles. The Morgan fingerprint density at radius 2 is 2.06 bits per heavy atom. The highest BCUT2D eigenvalue weighted by Gasteiger charge is 2.34. The molecule has 2 heterocycles. The van der Waals surface area contributed by atoms with Crippen molar-refractivity contribution in [3.63, 3.8) is 0 Å². The van der Waals surface area contributed by atoms with Gasteiger partial charge in [0.15, 0.2) is 0 Å². The van der Waals surface area contributed by atoms with Gasteiger partial charge in [0.05, 0.1) is 0 Å². The van der Waals surface area contributed by atoms with E-state index >= 15 is 0 Å². The first-order valence-corrected chi connectivity index (χ1v) is 7.29. The summed E-state index contributed by atoms with van der Waals surface area (Å²) in [4.78, 5) is 16.4. The first-order chi connectivity index (χ1) is 8.33. The highest BCUT2D eigenvalue weighted by molar-refractivity contribution is 7.07. The maximum Gasteiger partial charge on any atom is 0.225 e. The minimum atomic E-state index is 0.374. The number of hydrogen-bond acceptors (Lipinski definition) is 3. The number of piperazine rings is 1. The van der Waals surface area contributed by atoms with Crippen LogP contribution in [0.25, 0.3) is 0 Å². The lowest BCUT2D eigenvalue weighted by Crippen LogP contribution is -2.48. The van der Waals surface area contributed by atoms with E-state index in [1.807, 2.05) is 0 Å². The van der Waals surface area contributed by atoms with Crippen LogP contribution in [0.3, 0.4) is 0 Å². The van der Waals surface area contributed by atoms with Gasteiger partial charge in [-0.3, -0.25) is 9.69 Å². The molecule has 3 rings (SSSR count). The van der Waals surface area contributed by atoms with E-state index in [-0.39, 0.29) is 0 Å². The average Bonchev–Trinajstić information content (AvgIpc) is 3.09.